The van der Waals surface area contributed by atoms with Crippen LogP contribution < -0.4 is 10.5 Å². The SMILES string of the molecule is COC1c2cc3cnc(Nc4ccc(S(N)(=O)=O)nc4)nc3n2C2(CCCCC2)C(=O)N1O. The molecule has 3 aromatic heterocycles. The number of amides is 1. The first-order valence-corrected chi connectivity index (χ1v) is 12.0. The van der Waals surface area contributed by atoms with E-state index in [4.69, 9.17) is 9.88 Å². The van der Waals surface area contributed by atoms with Crippen LogP contribution in [0.1, 0.15) is 44.0 Å². The van der Waals surface area contributed by atoms with Crippen LogP contribution in [-0.2, 0) is 25.1 Å². The Morgan fingerprint density at radius 2 is 1.97 bits per heavy atom. The number of aromatic nitrogens is 4. The Morgan fingerprint density at radius 3 is 2.61 bits per heavy atom. The number of carbonyl (C=O) groups is 1. The fourth-order valence-electron chi connectivity index (χ4n) is 4.79. The van der Waals surface area contributed by atoms with E-state index in [1.807, 2.05) is 10.6 Å². The van der Waals surface area contributed by atoms with Gasteiger partial charge in [-0.05, 0) is 31.0 Å². The molecule has 5 rings (SSSR count). The molecule has 0 bridgehead atoms. The third-order valence-electron chi connectivity index (χ3n) is 6.27. The zero-order valence-corrected chi connectivity index (χ0v) is 18.6. The minimum absolute atomic E-state index is 0.243. The smallest absolute Gasteiger partial charge is 0.275 e. The van der Waals surface area contributed by atoms with Gasteiger partial charge in [0.2, 0.25) is 5.95 Å². The summed E-state index contributed by atoms with van der Waals surface area (Å²) in [6.45, 7) is 0. The fourth-order valence-corrected chi connectivity index (χ4v) is 5.25. The van der Waals surface area contributed by atoms with Crippen molar-refractivity contribution in [3.63, 3.8) is 0 Å². The van der Waals surface area contributed by atoms with Gasteiger partial charge in [0.25, 0.3) is 15.9 Å². The van der Waals surface area contributed by atoms with Crippen LogP contribution in [-0.4, -0.2) is 51.2 Å². The van der Waals surface area contributed by atoms with Crippen LogP contribution in [0.25, 0.3) is 11.0 Å². The number of rotatable bonds is 4. The molecule has 4 N–H and O–H groups in total. The maximum atomic E-state index is 13.3. The van der Waals surface area contributed by atoms with Gasteiger partial charge in [0.15, 0.2) is 11.3 Å². The van der Waals surface area contributed by atoms with Crippen LogP contribution in [0.15, 0.2) is 35.6 Å². The summed E-state index contributed by atoms with van der Waals surface area (Å²) in [6.07, 6.45) is 5.89. The Balaban J connectivity index is 1.60. The highest BCUT2D eigenvalue weighted by Crippen LogP contribution is 2.46. The number of anilines is 2. The Kier molecular flexibility index (Phi) is 5.08. The van der Waals surface area contributed by atoms with Gasteiger partial charge in [-0.25, -0.2) is 23.5 Å². The van der Waals surface area contributed by atoms with E-state index >= 15 is 0 Å². The number of hydrogen-bond acceptors (Lipinski definition) is 9. The molecule has 0 radical (unpaired) electrons. The van der Waals surface area contributed by atoms with Gasteiger partial charge >= 0.3 is 0 Å². The molecule has 13 heteroatoms. The number of sulfonamides is 1. The molecule has 33 heavy (non-hydrogen) atoms. The van der Waals surface area contributed by atoms with Crippen LogP contribution in [0.5, 0.6) is 0 Å². The lowest BCUT2D eigenvalue weighted by molar-refractivity contribution is -0.234. The van der Waals surface area contributed by atoms with Crippen molar-refractivity contribution < 1.29 is 23.2 Å². The standard InChI is InChI=1S/C20H23N7O5S/c1-32-17-14-9-12-10-23-19(24-13-5-6-15(22-11-13)33(21,30)31)25-16(12)26(14)20(18(28)27(17)29)7-3-2-4-8-20/h5-6,9-11,17,29H,2-4,7-8H2,1H3,(H2,21,30,31)(H,23,24,25). The molecule has 12 nitrogen and oxygen atoms in total. The summed E-state index contributed by atoms with van der Waals surface area (Å²) in [6, 6.07) is 4.61. The highest BCUT2D eigenvalue weighted by molar-refractivity contribution is 7.89. The Morgan fingerprint density at radius 1 is 1.21 bits per heavy atom. The van der Waals surface area contributed by atoms with E-state index in [1.165, 1.54) is 25.4 Å². The molecule has 1 amide bonds. The molecule has 1 spiro atoms. The van der Waals surface area contributed by atoms with Gasteiger partial charge < -0.3 is 14.6 Å². The summed E-state index contributed by atoms with van der Waals surface area (Å²) >= 11 is 0. The van der Waals surface area contributed by atoms with Crippen molar-refractivity contribution in [2.45, 2.75) is 48.9 Å². The number of pyridine rings is 1. The van der Waals surface area contributed by atoms with Crippen molar-refractivity contribution in [2.24, 2.45) is 5.14 Å². The number of nitrogens with two attached hydrogens (primary N) is 1. The summed E-state index contributed by atoms with van der Waals surface area (Å²) in [5.41, 5.74) is 0.694. The van der Waals surface area contributed by atoms with Crippen LogP contribution in [0, 0.1) is 0 Å². The van der Waals surface area contributed by atoms with E-state index < -0.39 is 27.7 Å². The predicted octanol–water partition coefficient (Wildman–Crippen LogP) is 1.75. The van der Waals surface area contributed by atoms with Crippen LogP contribution in [0.4, 0.5) is 11.6 Å². The summed E-state index contributed by atoms with van der Waals surface area (Å²) in [5, 5.41) is 19.8. The van der Waals surface area contributed by atoms with Gasteiger partial charge in [-0.1, -0.05) is 19.3 Å². The van der Waals surface area contributed by atoms with Gasteiger partial charge in [-0.3, -0.25) is 10.0 Å². The minimum atomic E-state index is -3.90. The highest BCUT2D eigenvalue weighted by Gasteiger charge is 2.52. The van der Waals surface area contributed by atoms with Crippen molar-refractivity contribution in [1.29, 1.82) is 0 Å². The molecule has 0 aromatic carbocycles. The maximum absolute atomic E-state index is 13.3. The van der Waals surface area contributed by atoms with Crippen molar-refractivity contribution in [1.82, 2.24) is 24.6 Å². The van der Waals surface area contributed by atoms with Gasteiger partial charge in [0.05, 0.1) is 17.6 Å². The Bertz CT molecular complexity index is 1330. The summed E-state index contributed by atoms with van der Waals surface area (Å²) < 4.78 is 30.1. The second kappa shape index (κ2) is 7.73. The van der Waals surface area contributed by atoms with E-state index in [9.17, 15) is 18.4 Å². The average Bonchev–Trinajstić information content (AvgIpc) is 3.18. The molecule has 1 fully saturated rings. The molecule has 174 valence electrons. The quantitative estimate of drug-likeness (QED) is 0.478. The maximum Gasteiger partial charge on any atom is 0.275 e. The van der Waals surface area contributed by atoms with E-state index in [1.54, 1.807) is 6.20 Å². The molecule has 2 aliphatic rings. The lowest BCUT2D eigenvalue weighted by atomic mass is 9.79. The number of hydrogen-bond donors (Lipinski definition) is 3. The third-order valence-corrected chi connectivity index (χ3v) is 7.09. The normalized spacial score (nSPS) is 20.3. The molecular weight excluding hydrogens is 450 g/mol. The number of fused-ring (bicyclic) bond motifs is 4. The lowest BCUT2D eigenvalue weighted by Crippen LogP contribution is -2.56. The van der Waals surface area contributed by atoms with Gasteiger partial charge in [-0.15, -0.1) is 0 Å². The molecule has 1 aliphatic heterocycles. The van der Waals surface area contributed by atoms with E-state index in [0.29, 0.717) is 40.3 Å². The van der Waals surface area contributed by atoms with Crippen LogP contribution in [0.3, 0.4) is 0 Å². The second-order valence-electron chi connectivity index (χ2n) is 8.26. The average molecular weight is 474 g/mol. The number of methoxy groups -OCH3 is 1. The molecule has 1 aliphatic carbocycles. The first-order valence-electron chi connectivity index (χ1n) is 10.4. The monoisotopic (exact) mass is 473 g/mol. The van der Waals surface area contributed by atoms with E-state index in [0.717, 1.165) is 19.3 Å². The number of nitrogens with one attached hydrogen (secondary N) is 1. The molecule has 1 unspecified atom stereocenters. The molecule has 1 atom stereocenters. The second-order valence-corrected chi connectivity index (χ2v) is 9.77. The van der Waals surface area contributed by atoms with E-state index in [2.05, 4.69) is 20.3 Å². The number of carbonyl (C=O) groups excluding carboxylic acids is 1. The van der Waals surface area contributed by atoms with Gasteiger partial charge in [0.1, 0.15) is 11.2 Å². The molecule has 0 saturated heterocycles. The number of ether oxygens (including phenoxy) is 1. The largest absolute Gasteiger partial charge is 0.354 e. The van der Waals surface area contributed by atoms with Crippen molar-refractivity contribution >= 4 is 38.6 Å². The molecule has 1 saturated carbocycles. The first kappa shape index (κ1) is 21.7. The molecule has 3 aromatic rings. The molecule has 4 heterocycles. The Hall–Kier alpha value is -3.13. The van der Waals surface area contributed by atoms with E-state index in [-0.39, 0.29) is 11.0 Å². The molecular formula is C20H23N7O5S. The first-order chi connectivity index (χ1) is 15.7. The van der Waals surface area contributed by atoms with Crippen LogP contribution in [0.2, 0.25) is 0 Å². The fraction of sp³-hybridized carbons (Fsp3) is 0.400. The topological polar surface area (TPSA) is 166 Å². The number of hydroxylamine groups is 2. The van der Waals surface area contributed by atoms with Crippen molar-refractivity contribution in [3.05, 3.63) is 36.3 Å². The minimum Gasteiger partial charge on any atom is -0.354 e. The Labute approximate surface area is 189 Å². The van der Waals surface area contributed by atoms with Crippen molar-refractivity contribution in [3.8, 4) is 0 Å². The number of nitrogens with zero attached hydrogens (tertiary/aromatic N) is 5. The van der Waals surface area contributed by atoms with Gasteiger partial charge in [0, 0.05) is 18.7 Å². The summed E-state index contributed by atoms with van der Waals surface area (Å²) in [5.74, 6) is -0.165. The zero-order chi connectivity index (χ0) is 23.4. The van der Waals surface area contributed by atoms with Crippen molar-refractivity contribution in [2.75, 3.05) is 12.4 Å². The predicted molar refractivity (Wildman–Crippen MR) is 116 cm³/mol. The summed E-state index contributed by atoms with van der Waals surface area (Å²) in [7, 11) is -2.47. The van der Waals surface area contributed by atoms with Gasteiger partial charge in [-0.2, -0.15) is 10.0 Å². The zero-order valence-electron chi connectivity index (χ0n) is 17.8. The lowest BCUT2D eigenvalue weighted by Gasteiger charge is -2.46. The highest BCUT2D eigenvalue weighted by atomic mass is 32.2. The van der Waals surface area contributed by atoms with Crippen LogP contribution >= 0.6 is 0 Å². The third kappa shape index (κ3) is 3.44. The summed E-state index contributed by atoms with van der Waals surface area (Å²) in [4.78, 5) is 26.1. The number of primary sulfonamides is 1.